The normalized spacial score (nSPS) is 11.1. The molecule has 0 atom stereocenters. The van der Waals surface area contributed by atoms with Gasteiger partial charge in [-0.2, -0.15) is 5.26 Å². The van der Waals surface area contributed by atoms with Crippen LogP contribution in [0.1, 0.15) is 5.56 Å². The summed E-state index contributed by atoms with van der Waals surface area (Å²) in [5.74, 6) is 0. The molecule has 22 heavy (non-hydrogen) atoms. The van der Waals surface area contributed by atoms with Crippen LogP contribution < -0.4 is 0 Å². The van der Waals surface area contributed by atoms with Crippen LogP contribution in [0.25, 0.3) is 27.8 Å². The summed E-state index contributed by atoms with van der Waals surface area (Å²) < 4.78 is 1.98. The van der Waals surface area contributed by atoms with Crippen LogP contribution in [0.5, 0.6) is 0 Å². The number of aromatic nitrogens is 2. The van der Waals surface area contributed by atoms with Crippen LogP contribution >= 0.6 is 23.2 Å². The van der Waals surface area contributed by atoms with Crippen LogP contribution in [0.15, 0.2) is 48.7 Å². The molecule has 106 valence electrons. The number of H-pyrrole nitrogens is 1. The van der Waals surface area contributed by atoms with Crippen molar-refractivity contribution in [1.29, 1.82) is 5.26 Å². The highest BCUT2D eigenvalue weighted by molar-refractivity contribution is 6.36. The van der Waals surface area contributed by atoms with Gasteiger partial charge in [0, 0.05) is 27.4 Å². The molecular formula is C17H9Cl2N3. The molecule has 0 aliphatic carbocycles. The van der Waals surface area contributed by atoms with Crippen LogP contribution in [-0.2, 0) is 0 Å². The van der Waals surface area contributed by atoms with Crippen molar-refractivity contribution in [3.63, 3.8) is 0 Å². The van der Waals surface area contributed by atoms with Crippen molar-refractivity contribution < 1.29 is 0 Å². The van der Waals surface area contributed by atoms with Crippen molar-refractivity contribution in [3.8, 4) is 17.2 Å². The third-order valence-electron chi connectivity index (χ3n) is 3.76. The van der Waals surface area contributed by atoms with Crippen molar-refractivity contribution in [2.75, 3.05) is 0 Å². The molecule has 0 spiro atoms. The van der Waals surface area contributed by atoms with Crippen LogP contribution in [0.4, 0.5) is 0 Å². The Morgan fingerprint density at radius 2 is 1.86 bits per heavy atom. The highest BCUT2D eigenvalue weighted by atomic mass is 35.5. The highest BCUT2D eigenvalue weighted by Gasteiger charge is 2.17. The van der Waals surface area contributed by atoms with E-state index < -0.39 is 0 Å². The zero-order valence-electron chi connectivity index (χ0n) is 11.3. The van der Waals surface area contributed by atoms with E-state index in [1.807, 2.05) is 40.9 Å². The minimum absolute atomic E-state index is 0.529. The van der Waals surface area contributed by atoms with E-state index in [0.29, 0.717) is 15.6 Å². The first kappa shape index (κ1) is 13.3. The molecule has 0 saturated heterocycles. The lowest BCUT2D eigenvalue weighted by atomic mass is 10.1. The van der Waals surface area contributed by atoms with Gasteiger partial charge in [-0.25, -0.2) is 0 Å². The molecule has 0 aliphatic heterocycles. The van der Waals surface area contributed by atoms with E-state index in [1.165, 1.54) is 0 Å². The molecule has 2 aromatic heterocycles. The van der Waals surface area contributed by atoms with Crippen molar-refractivity contribution in [1.82, 2.24) is 9.38 Å². The zero-order valence-corrected chi connectivity index (χ0v) is 12.8. The molecule has 1 N–H and O–H groups in total. The Hall–Kier alpha value is -2.41. The summed E-state index contributed by atoms with van der Waals surface area (Å²) in [6.07, 6.45) is 1.93. The van der Waals surface area contributed by atoms with Crippen LogP contribution in [0.2, 0.25) is 10.0 Å². The van der Waals surface area contributed by atoms with Gasteiger partial charge in [0.05, 0.1) is 11.0 Å². The maximum Gasteiger partial charge on any atom is 0.134 e. The van der Waals surface area contributed by atoms with Gasteiger partial charge in [0.2, 0.25) is 0 Å². The minimum atomic E-state index is 0.529. The first-order valence-electron chi connectivity index (χ1n) is 6.66. The summed E-state index contributed by atoms with van der Waals surface area (Å²) in [5, 5.41) is 10.7. The lowest BCUT2D eigenvalue weighted by Crippen LogP contribution is -1.82. The third-order valence-corrected chi connectivity index (χ3v) is 4.30. The molecule has 0 saturated carbocycles. The van der Waals surface area contributed by atoms with Gasteiger partial charge in [0.15, 0.2) is 0 Å². The molecule has 0 unspecified atom stereocenters. The second-order valence-electron chi connectivity index (χ2n) is 5.01. The minimum Gasteiger partial charge on any atom is -0.339 e. The van der Waals surface area contributed by atoms with Crippen molar-refractivity contribution >= 4 is 39.9 Å². The monoisotopic (exact) mass is 325 g/mol. The summed E-state index contributed by atoms with van der Waals surface area (Å²) in [5.41, 5.74) is 4.93. The van der Waals surface area contributed by atoms with Gasteiger partial charge in [-0.05, 0) is 24.3 Å². The SMILES string of the molecule is N#Cc1c(-c2ccc(Cl)cc2Cl)cn2c1[nH]c1ccccc12. The topological polar surface area (TPSA) is 44.0 Å². The number of rotatable bonds is 1. The lowest BCUT2D eigenvalue weighted by Gasteiger charge is -2.03. The van der Waals surface area contributed by atoms with Crippen molar-refractivity contribution in [2.24, 2.45) is 0 Å². The number of nitrogens with zero attached hydrogens (tertiary/aromatic N) is 2. The Bertz CT molecular complexity index is 1070. The molecule has 0 aliphatic rings. The first-order valence-corrected chi connectivity index (χ1v) is 7.42. The van der Waals surface area contributed by atoms with Crippen molar-refractivity contribution in [3.05, 3.63) is 64.3 Å². The summed E-state index contributed by atoms with van der Waals surface area (Å²) in [7, 11) is 0. The van der Waals surface area contributed by atoms with E-state index in [1.54, 1.807) is 12.1 Å². The van der Waals surface area contributed by atoms with Crippen LogP contribution in [-0.4, -0.2) is 9.38 Å². The largest absolute Gasteiger partial charge is 0.339 e. The summed E-state index contributed by atoms with van der Waals surface area (Å²) in [6, 6.07) is 15.5. The number of aromatic amines is 1. The number of para-hydroxylation sites is 2. The lowest BCUT2D eigenvalue weighted by molar-refractivity contribution is 1.27. The zero-order chi connectivity index (χ0) is 15.3. The van der Waals surface area contributed by atoms with E-state index in [9.17, 15) is 5.26 Å². The number of imidazole rings is 1. The highest BCUT2D eigenvalue weighted by Crippen LogP contribution is 2.35. The molecule has 0 fully saturated rings. The van der Waals surface area contributed by atoms with Gasteiger partial charge in [-0.15, -0.1) is 0 Å². The number of hydrogen-bond acceptors (Lipinski definition) is 1. The number of nitrogens with one attached hydrogen (secondary N) is 1. The molecule has 5 heteroatoms. The third kappa shape index (κ3) is 1.82. The standard InChI is InChI=1S/C17H9Cl2N3/c18-10-5-6-11(14(19)7-10)13-9-22-16-4-2-1-3-15(16)21-17(22)12(13)8-20/h1-7,9,21H. The van der Waals surface area contributed by atoms with Gasteiger partial charge in [0.1, 0.15) is 17.3 Å². The van der Waals surface area contributed by atoms with Crippen LogP contribution in [0, 0.1) is 11.3 Å². The average molecular weight is 326 g/mol. The number of halogens is 2. The predicted octanol–water partition coefficient (Wildman–Crippen LogP) is 5.27. The van der Waals surface area contributed by atoms with E-state index in [2.05, 4.69) is 11.1 Å². The summed E-state index contributed by atoms with van der Waals surface area (Å²) >= 11 is 12.2. The first-order chi connectivity index (χ1) is 10.7. The van der Waals surface area contributed by atoms with Crippen LogP contribution in [0.3, 0.4) is 0 Å². The fraction of sp³-hybridized carbons (Fsp3) is 0. The van der Waals surface area contributed by atoms with Gasteiger partial charge >= 0.3 is 0 Å². The quantitative estimate of drug-likeness (QED) is 0.509. The second kappa shape index (κ2) is 4.81. The smallest absolute Gasteiger partial charge is 0.134 e. The molecule has 0 bridgehead atoms. The fourth-order valence-electron chi connectivity index (χ4n) is 2.76. The molecule has 3 nitrogen and oxygen atoms in total. The molecule has 4 aromatic rings. The molecule has 4 rings (SSSR count). The Labute approximate surface area is 136 Å². The van der Waals surface area contributed by atoms with E-state index in [-0.39, 0.29) is 0 Å². The molecule has 2 aromatic carbocycles. The number of fused-ring (bicyclic) bond motifs is 3. The molecule has 0 amide bonds. The van der Waals surface area contributed by atoms with Crippen molar-refractivity contribution in [2.45, 2.75) is 0 Å². The molecular weight excluding hydrogens is 317 g/mol. The predicted molar refractivity (Wildman–Crippen MR) is 89.4 cm³/mol. The van der Waals surface area contributed by atoms with E-state index >= 15 is 0 Å². The number of benzene rings is 2. The Balaban J connectivity index is 2.08. The fourth-order valence-corrected chi connectivity index (χ4v) is 3.27. The average Bonchev–Trinajstić information content (AvgIpc) is 3.02. The van der Waals surface area contributed by atoms with Gasteiger partial charge in [0.25, 0.3) is 0 Å². The maximum atomic E-state index is 9.58. The van der Waals surface area contributed by atoms with Gasteiger partial charge < -0.3 is 4.98 Å². The number of hydrogen-bond donors (Lipinski definition) is 1. The Morgan fingerprint density at radius 3 is 2.64 bits per heavy atom. The van der Waals surface area contributed by atoms with E-state index in [0.717, 1.165) is 27.8 Å². The van der Waals surface area contributed by atoms with Gasteiger partial charge in [-0.3, -0.25) is 4.40 Å². The maximum absolute atomic E-state index is 9.58. The Morgan fingerprint density at radius 1 is 1.05 bits per heavy atom. The van der Waals surface area contributed by atoms with E-state index in [4.69, 9.17) is 23.2 Å². The molecule has 0 radical (unpaired) electrons. The van der Waals surface area contributed by atoms with Gasteiger partial charge in [-0.1, -0.05) is 41.4 Å². The number of nitriles is 1. The second-order valence-corrected chi connectivity index (χ2v) is 5.86. The Kier molecular flexibility index (Phi) is 2.90. The molecule has 2 heterocycles. The summed E-state index contributed by atoms with van der Waals surface area (Å²) in [6.45, 7) is 0. The summed E-state index contributed by atoms with van der Waals surface area (Å²) in [4.78, 5) is 3.29.